The van der Waals surface area contributed by atoms with E-state index in [-0.39, 0.29) is 6.61 Å². The van der Waals surface area contributed by atoms with Gasteiger partial charge in [-0.2, -0.15) is 5.26 Å². The Labute approximate surface area is 155 Å². The standard InChI is InChI=1S/C18H16ClN3O4/c1-2-25-16-8-12(10-20)6-7-15(16)26-11-17(23)21-22-18(24)13-4-3-5-14(19)9-13/h3-9H,2,11H2,1H3,(H,21,23)(H,22,24). The second kappa shape index (κ2) is 9.30. The molecule has 2 amide bonds. The maximum atomic E-state index is 11.9. The molecule has 0 saturated heterocycles. The highest BCUT2D eigenvalue weighted by molar-refractivity contribution is 6.30. The molecule has 0 aliphatic carbocycles. The maximum absolute atomic E-state index is 11.9. The number of nitriles is 1. The summed E-state index contributed by atoms with van der Waals surface area (Å²) in [5, 5.41) is 9.33. The third kappa shape index (κ3) is 5.40. The summed E-state index contributed by atoms with van der Waals surface area (Å²) >= 11 is 5.81. The molecule has 0 spiro atoms. The lowest BCUT2D eigenvalue weighted by molar-refractivity contribution is -0.123. The Morgan fingerprint density at radius 1 is 1.12 bits per heavy atom. The number of halogens is 1. The number of carbonyl (C=O) groups excluding carboxylic acids is 2. The Hall–Kier alpha value is -3.24. The summed E-state index contributed by atoms with van der Waals surface area (Å²) in [4.78, 5) is 23.8. The molecule has 2 aromatic rings. The number of nitrogens with one attached hydrogen (secondary N) is 2. The Balaban J connectivity index is 1.89. The predicted octanol–water partition coefficient (Wildman–Crippen LogP) is 2.45. The molecule has 2 N–H and O–H groups in total. The Bertz CT molecular complexity index is 849. The Morgan fingerprint density at radius 3 is 2.62 bits per heavy atom. The van der Waals surface area contributed by atoms with Gasteiger partial charge in [-0.15, -0.1) is 0 Å². The summed E-state index contributed by atoms with van der Waals surface area (Å²) in [6, 6.07) is 12.9. The minimum Gasteiger partial charge on any atom is -0.490 e. The third-order valence-electron chi connectivity index (χ3n) is 3.13. The van der Waals surface area contributed by atoms with Crippen LogP contribution in [0.2, 0.25) is 5.02 Å². The summed E-state index contributed by atoms with van der Waals surface area (Å²) in [6.45, 7) is 1.83. The summed E-state index contributed by atoms with van der Waals surface area (Å²) < 4.78 is 10.8. The molecular formula is C18H16ClN3O4. The number of amides is 2. The molecular weight excluding hydrogens is 358 g/mol. The maximum Gasteiger partial charge on any atom is 0.276 e. The second-order valence-electron chi connectivity index (χ2n) is 5.01. The van der Waals surface area contributed by atoms with Crippen LogP contribution in [0.15, 0.2) is 42.5 Å². The molecule has 7 nitrogen and oxygen atoms in total. The van der Waals surface area contributed by atoms with Gasteiger partial charge < -0.3 is 9.47 Å². The van der Waals surface area contributed by atoms with Gasteiger partial charge in [-0.25, -0.2) is 0 Å². The van der Waals surface area contributed by atoms with E-state index in [1.807, 2.05) is 6.07 Å². The van der Waals surface area contributed by atoms with Gasteiger partial charge in [0.2, 0.25) is 0 Å². The molecule has 0 saturated carbocycles. The van der Waals surface area contributed by atoms with E-state index in [0.29, 0.717) is 34.3 Å². The zero-order chi connectivity index (χ0) is 18.9. The van der Waals surface area contributed by atoms with Crippen LogP contribution in [0.1, 0.15) is 22.8 Å². The van der Waals surface area contributed by atoms with Crippen molar-refractivity contribution in [3.8, 4) is 17.6 Å². The zero-order valence-corrected chi connectivity index (χ0v) is 14.7. The van der Waals surface area contributed by atoms with Crippen molar-refractivity contribution in [2.24, 2.45) is 0 Å². The summed E-state index contributed by atoms with van der Waals surface area (Å²) in [5.74, 6) is -0.383. The van der Waals surface area contributed by atoms with Crippen molar-refractivity contribution in [1.82, 2.24) is 10.9 Å². The normalized spacial score (nSPS) is 9.73. The number of hydrogen-bond acceptors (Lipinski definition) is 5. The first-order valence-electron chi connectivity index (χ1n) is 7.68. The van der Waals surface area contributed by atoms with Crippen molar-refractivity contribution in [3.63, 3.8) is 0 Å². The number of rotatable bonds is 6. The smallest absolute Gasteiger partial charge is 0.276 e. The molecule has 0 aromatic heterocycles. The molecule has 0 aliphatic rings. The lowest BCUT2D eigenvalue weighted by Gasteiger charge is -2.12. The van der Waals surface area contributed by atoms with Crippen molar-refractivity contribution in [3.05, 3.63) is 58.6 Å². The van der Waals surface area contributed by atoms with Crippen molar-refractivity contribution in [2.75, 3.05) is 13.2 Å². The average molecular weight is 374 g/mol. The molecule has 0 atom stereocenters. The molecule has 0 fully saturated rings. The van der Waals surface area contributed by atoms with Crippen LogP contribution in [0.4, 0.5) is 0 Å². The second-order valence-corrected chi connectivity index (χ2v) is 5.44. The molecule has 8 heteroatoms. The van der Waals surface area contributed by atoms with Crippen LogP contribution in [0.5, 0.6) is 11.5 Å². The Morgan fingerprint density at radius 2 is 1.92 bits per heavy atom. The van der Waals surface area contributed by atoms with Gasteiger partial charge in [0.15, 0.2) is 18.1 Å². The monoisotopic (exact) mass is 373 g/mol. The fourth-order valence-electron chi connectivity index (χ4n) is 1.97. The molecule has 2 aromatic carbocycles. The first-order chi connectivity index (χ1) is 12.5. The van der Waals surface area contributed by atoms with E-state index >= 15 is 0 Å². The van der Waals surface area contributed by atoms with Crippen LogP contribution < -0.4 is 20.3 Å². The fourth-order valence-corrected chi connectivity index (χ4v) is 2.16. The van der Waals surface area contributed by atoms with E-state index in [4.69, 9.17) is 26.3 Å². The van der Waals surface area contributed by atoms with Gasteiger partial charge in [0.1, 0.15) is 0 Å². The van der Waals surface area contributed by atoms with Crippen LogP contribution >= 0.6 is 11.6 Å². The molecule has 0 heterocycles. The summed E-state index contributed by atoms with van der Waals surface area (Å²) in [7, 11) is 0. The van der Waals surface area contributed by atoms with Gasteiger partial charge in [0.25, 0.3) is 11.8 Å². The van der Waals surface area contributed by atoms with Gasteiger partial charge in [0, 0.05) is 16.7 Å². The molecule has 2 rings (SSSR count). The van der Waals surface area contributed by atoms with Gasteiger partial charge >= 0.3 is 0 Å². The third-order valence-corrected chi connectivity index (χ3v) is 3.37. The number of nitrogens with zero attached hydrogens (tertiary/aromatic N) is 1. The first-order valence-corrected chi connectivity index (χ1v) is 8.05. The quantitative estimate of drug-likeness (QED) is 0.757. The predicted molar refractivity (Wildman–Crippen MR) is 94.9 cm³/mol. The number of benzene rings is 2. The van der Waals surface area contributed by atoms with E-state index < -0.39 is 11.8 Å². The van der Waals surface area contributed by atoms with Crippen molar-refractivity contribution in [1.29, 1.82) is 5.26 Å². The lowest BCUT2D eigenvalue weighted by Crippen LogP contribution is -2.43. The van der Waals surface area contributed by atoms with E-state index in [2.05, 4.69) is 10.9 Å². The van der Waals surface area contributed by atoms with Gasteiger partial charge in [-0.3, -0.25) is 20.4 Å². The number of ether oxygens (including phenoxy) is 2. The fraction of sp³-hybridized carbons (Fsp3) is 0.167. The number of hydrogen-bond donors (Lipinski definition) is 2. The van der Waals surface area contributed by atoms with Crippen molar-refractivity contribution < 1.29 is 19.1 Å². The summed E-state index contributed by atoms with van der Waals surface area (Å²) in [5.41, 5.74) is 5.24. The van der Waals surface area contributed by atoms with Gasteiger partial charge in [0.05, 0.1) is 18.2 Å². The molecule has 0 unspecified atom stereocenters. The van der Waals surface area contributed by atoms with Crippen LogP contribution in [0.3, 0.4) is 0 Å². The van der Waals surface area contributed by atoms with Crippen molar-refractivity contribution in [2.45, 2.75) is 6.92 Å². The largest absolute Gasteiger partial charge is 0.490 e. The number of carbonyl (C=O) groups is 2. The van der Waals surface area contributed by atoms with Crippen molar-refractivity contribution >= 4 is 23.4 Å². The zero-order valence-electron chi connectivity index (χ0n) is 13.9. The molecule has 0 bridgehead atoms. The molecule has 134 valence electrons. The van der Waals surface area contributed by atoms with E-state index in [1.165, 1.54) is 12.1 Å². The van der Waals surface area contributed by atoms with Gasteiger partial charge in [-0.05, 0) is 37.3 Å². The summed E-state index contributed by atoms with van der Waals surface area (Å²) in [6.07, 6.45) is 0. The average Bonchev–Trinajstić information content (AvgIpc) is 2.65. The highest BCUT2D eigenvalue weighted by Gasteiger charge is 2.11. The highest BCUT2D eigenvalue weighted by atomic mass is 35.5. The van der Waals surface area contributed by atoms with E-state index in [0.717, 1.165) is 0 Å². The van der Waals surface area contributed by atoms with E-state index in [9.17, 15) is 9.59 Å². The minimum atomic E-state index is -0.563. The van der Waals surface area contributed by atoms with Crippen LogP contribution in [-0.4, -0.2) is 25.0 Å². The van der Waals surface area contributed by atoms with Gasteiger partial charge in [-0.1, -0.05) is 17.7 Å². The van der Waals surface area contributed by atoms with Crippen LogP contribution in [0.25, 0.3) is 0 Å². The minimum absolute atomic E-state index is 0.310. The molecule has 0 aliphatic heterocycles. The van der Waals surface area contributed by atoms with Crippen LogP contribution in [0, 0.1) is 11.3 Å². The van der Waals surface area contributed by atoms with E-state index in [1.54, 1.807) is 37.3 Å². The SMILES string of the molecule is CCOc1cc(C#N)ccc1OCC(=O)NNC(=O)c1cccc(Cl)c1. The lowest BCUT2D eigenvalue weighted by atomic mass is 10.2. The highest BCUT2D eigenvalue weighted by Crippen LogP contribution is 2.28. The number of hydrazine groups is 1. The molecule has 26 heavy (non-hydrogen) atoms. The first kappa shape index (κ1) is 19.1. The Kier molecular flexibility index (Phi) is 6.83. The molecule has 0 radical (unpaired) electrons. The van der Waals surface area contributed by atoms with Crippen LogP contribution in [-0.2, 0) is 4.79 Å². The topological polar surface area (TPSA) is 100 Å².